The Kier molecular flexibility index (Phi) is 75.3. The lowest BCUT2D eigenvalue weighted by atomic mass is 10.0. The molecule has 0 aliphatic carbocycles. The van der Waals surface area contributed by atoms with Gasteiger partial charge in [-0.1, -0.05) is 411 Å². The summed E-state index contributed by atoms with van der Waals surface area (Å²) >= 11 is 0. The van der Waals surface area contributed by atoms with Crippen molar-refractivity contribution in [3.8, 4) is 0 Å². The standard InChI is InChI=1S/C81H157NO5/c1-3-5-7-9-11-13-15-17-19-20-21-22-23-33-36-39-42-46-49-53-57-61-65-69-73-79(84)78(77-83)82-80(85)74-70-66-62-58-54-50-47-43-40-37-34-31-29-27-25-24-26-28-30-32-35-38-41-44-48-52-56-60-64-68-72-76-87-81(86)75-71-67-63-59-55-51-45-18-16-14-12-10-8-6-4-2/h26,28,32,35,78-79,83-84H,3-25,27,29-31,33-34,36-77H2,1-2H3,(H,82,85)/b28-26-,35-32-. The Morgan fingerprint density at radius 1 is 0.322 bits per heavy atom. The van der Waals surface area contributed by atoms with Crippen LogP contribution in [0, 0.1) is 0 Å². The van der Waals surface area contributed by atoms with Gasteiger partial charge in [-0.05, 0) is 57.8 Å². The van der Waals surface area contributed by atoms with E-state index in [9.17, 15) is 19.8 Å². The molecule has 0 rings (SSSR count). The zero-order valence-electron chi connectivity index (χ0n) is 59.3. The summed E-state index contributed by atoms with van der Waals surface area (Å²) in [5, 5.41) is 23.5. The van der Waals surface area contributed by atoms with Gasteiger partial charge in [0.1, 0.15) is 0 Å². The van der Waals surface area contributed by atoms with Crippen LogP contribution in [-0.4, -0.2) is 47.4 Å². The molecule has 0 aliphatic heterocycles. The summed E-state index contributed by atoms with van der Waals surface area (Å²) < 4.78 is 5.50. The van der Waals surface area contributed by atoms with Gasteiger partial charge in [0.15, 0.2) is 0 Å². The van der Waals surface area contributed by atoms with Gasteiger partial charge in [-0.2, -0.15) is 0 Å². The number of unbranched alkanes of at least 4 members (excludes halogenated alkanes) is 61. The summed E-state index contributed by atoms with van der Waals surface area (Å²) in [4.78, 5) is 24.7. The largest absolute Gasteiger partial charge is 0.466 e. The second-order valence-electron chi connectivity index (χ2n) is 27.8. The normalized spacial score (nSPS) is 12.6. The highest BCUT2D eigenvalue weighted by atomic mass is 16.5. The van der Waals surface area contributed by atoms with Crippen LogP contribution in [0.2, 0.25) is 0 Å². The van der Waals surface area contributed by atoms with Crippen molar-refractivity contribution in [2.45, 2.75) is 469 Å². The second kappa shape index (κ2) is 76.8. The van der Waals surface area contributed by atoms with Gasteiger partial charge in [0.2, 0.25) is 5.91 Å². The lowest BCUT2D eigenvalue weighted by Crippen LogP contribution is -2.45. The average molecular weight is 1230 g/mol. The molecule has 0 saturated heterocycles. The van der Waals surface area contributed by atoms with E-state index >= 15 is 0 Å². The summed E-state index contributed by atoms with van der Waals surface area (Å²) in [6.45, 7) is 5.01. The van der Waals surface area contributed by atoms with Gasteiger partial charge in [-0.15, -0.1) is 0 Å². The molecule has 6 heteroatoms. The predicted molar refractivity (Wildman–Crippen MR) is 384 cm³/mol. The molecular weight excluding hydrogens is 1070 g/mol. The molecule has 0 spiro atoms. The molecule has 0 aromatic carbocycles. The summed E-state index contributed by atoms with van der Waals surface area (Å²) in [6, 6.07) is -0.542. The summed E-state index contributed by atoms with van der Waals surface area (Å²) in [5.41, 5.74) is 0. The van der Waals surface area contributed by atoms with Crippen molar-refractivity contribution in [3.05, 3.63) is 24.3 Å². The van der Waals surface area contributed by atoms with E-state index in [0.29, 0.717) is 25.9 Å². The first-order valence-electron chi connectivity index (χ1n) is 40.1. The average Bonchev–Trinajstić information content (AvgIpc) is 3.58. The number of aliphatic hydroxyl groups is 2. The molecule has 3 N–H and O–H groups in total. The summed E-state index contributed by atoms with van der Waals surface area (Å²) in [5.74, 6) is -0.0114. The highest BCUT2D eigenvalue weighted by Gasteiger charge is 2.20. The lowest BCUT2D eigenvalue weighted by molar-refractivity contribution is -0.143. The fourth-order valence-electron chi connectivity index (χ4n) is 12.9. The van der Waals surface area contributed by atoms with Gasteiger partial charge in [-0.3, -0.25) is 9.59 Å². The van der Waals surface area contributed by atoms with Gasteiger partial charge < -0.3 is 20.3 Å². The van der Waals surface area contributed by atoms with Crippen LogP contribution in [0.15, 0.2) is 24.3 Å². The van der Waals surface area contributed by atoms with Crippen LogP contribution in [-0.2, 0) is 14.3 Å². The Bertz CT molecular complexity index is 1360. The van der Waals surface area contributed by atoms with E-state index in [1.165, 1.54) is 379 Å². The molecule has 0 fully saturated rings. The third kappa shape index (κ3) is 73.3. The van der Waals surface area contributed by atoms with E-state index in [2.05, 4.69) is 43.5 Å². The Morgan fingerprint density at radius 3 is 0.874 bits per heavy atom. The van der Waals surface area contributed by atoms with Crippen molar-refractivity contribution in [1.82, 2.24) is 5.32 Å². The lowest BCUT2D eigenvalue weighted by Gasteiger charge is -2.22. The molecule has 516 valence electrons. The fraction of sp³-hybridized carbons (Fsp3) is 0.926. The molecular formula is C81H157NO5. The van der Waals surface area contributed by atoms with Crippen LogP contribution < -0.4 is 5.32 Å². The van der Waals surface area contributed by atoms with E-state index in [0.717, 1.165) is 44.9 Å². The molecule has 0 heterocycles. The number of hydrogen-bond acceptors (Lipinski definition) is 5. The summed E-state index contributed by atoms with van der Waals surface area (Å²) in [6.07, 6.45) is 98.4. The number of aliphatic hydroxyl groups excluding tert-OH is 2. The molecule has 0 bridgehead atoms. The van der Waals surface area contributed by atoms with Crippen LogP contribution >= 0.6 is 0 Å². The van der Waals surface area contributed by atoms with E-state index in [1.54, 1.807) is 0 Å². The zero-order chi connectivity index (χ0) is 62.8. The van der Waals surface area contributed by atoms with E-state index in [-0.39, 0.29) is 18.5 Å². The molecule has 6 nitrogen and oxygen atoms in total. The smallest absolute Gasteiger partial charge is 0.305 e. The minimum absolute atomic E-state index is 0.0172. The van der Waals surface area contributed by atoms with Crippen molar-refractivity contribution in [3.63, 3.8) is 0 Å². The monoisotopic (exact) mass is 1220 g/mol. The van der Waals surface area contributed by atoms with E-state index in [4.69, 9.17) is 4.74 Å². The summed E-state index contributed by atoms with van der Waals surface area (Å²) in [7, 11) is 0. The Hall–Kier alpha value is -1.66. The van der Waals surface area contributed by atoms with Crippen LogP contribution in [0.25, 0.3) is 0 Å². The second-order valence-corrected chi connectivity index (χ2v) is 27.8. The number of amides is 1. The number of esters is 1. The Labute approximate surface area is 545 Å². The first-order chi connectivity index (χ1) is 43.0. The number of hydrogen-bond donors (Lipinski definition) is 3. The van der Waals surface area contributed by atoms with Gasteiger partial charge >= 0.3 is 5.97 Å². The number of ether oxygens (including phenoxy) is 1. The van der Waals surface area contributed by atoms with Crippen molar-refractivity contribution in [1.29, 1.82) is 0 Å². The van der Waals surface area contributed by atoms with Crippen LogP contribution in [0.3, 0.4) is 0 Å². The third-order valence-electron chi connectivity index (χ3n) is 19.0. The number of rotatable bonds is 76. The van der Waals surface area contributed by atoms with Crippen molar-refractivity contribution in [2.75, 3.05) is 13.2 Å². The molecule has 87 heavy (non-hydrogen) atoms. The van der Waals surface area contributed by atoms with E-state index < -0.39 is 12.1 Å². The highest BCUT2D eigenvalue weighted by Crippen LogP contribution is 2.20. The molecule has 2 atom stereocenters. The van der Waals surface area contributed by atoms with Crippen LogP contribution in [0.1, 0.15) is 457 Å². The third-order valence-corrected chi connectivity index (χ3v) is 19.0. The Balaban J connectivity index is 3.38. The SMILES string of the molecule is CCCCCCCCCCCCCCCCCCCCCCCCCCC(O)C(CO)NC(=O)CCCCCCCCCCCCCCCCC/C=C\C/C=C\CCCCCCCCCCCOC(=O)CCCCCCCCCCCCCCCCC. The topological polar surface area (TPSA) is 95.9 Å². The molecule has 0 aromatic rings. The maximum absolute atomic E-state index is 12.6. The minimum atomic E-state index is -0.665. The molecule has 0 aromatic heterocycles. The molecule has 0 saturated carbocycles. The van der Waals surface area contributed by atoms with Gasteiger partial charge in [0, 0.05) is 12.8 Å². The van der Waals surface area contributed by atoms with Gasteiger partial charge in [0.25, 0.3) is 0 Å². The van der Waals surface area contributed by atoms with Gasteiger partial charge in [0.05, 0.1) is 25.4 Å². The van der Waals surface area contributed by atoms with Crippen molar-refractivity contribution >= 4 is 11.9 Å². The van der Waals surface area contributed by atoms with Crippen molar-refractivity contribution < 1.29 is 24.5 Å². The maximum Gasteiger partial charge on any atom is 0.305 e. The fourth-order valence-corrected chi connectivity index (χ4v) is 12.9. The van der Waals surface area contributed by atoms with Crippen LogP contribution in [0.4, 0.5) is 0 Å². The first-order valence-corrected chi connectivity index (χ1v) is 40.1. The van der Waals surface area contributed by atoms with Crippen molar-refractivity contribution in [2.24, 2.45) is 0 Å². The number of carbonyl (C=O) groups excluding carboxylic acids is 2. The number of allylic oxidation sites excluding steroid dienone is 4. The maximum atomic E-state index is 12.6. The first kappa shape index (κ1) is 85.3. The van der Waals surface area contributed by atoms with E-state index in [1.807, 2.05) is 0 Å². The molecule has 0 aliphatic rings. The molecule has 1 amide bonds. The van der Waals surface area contributed by atoms with Gasteiger partial charge in [-0.25, -0.2) is 0 Å². The molecule has 0 radical (unpaired) electrons. The minimum Gasteiger partial charge on any atom is -0.466 e. The quantitative estimate of drug-likeness (QED) is 0.0320. The zero-order valence-corrected chi connectivity index (χ0v) is 59.3. The van der Waals surface area contributed by atoms with Crippen LogP contribution in [0.5, 0.6) is 0 Å². The highest BCUT2D eigenvalue weighted by molar-refractivity contribution is 5.76. The Morgan fingerprint density at radius 2 is 0.575 bits per heavy atom. The number of carbonyl (C=O) groups is 2. The molecule has 2 unspecified atom stereocenters. The number of nitrogens with one attached hydrogen (secondary N) is 1. The predicted octanol–water partition coefficient (Wildman–Crippen LogP) is 26.4.